The molecule has 0 saturated heterocycles. The number of carbonyl (C=O) groups excluding carboxylic acids is 2. The standard InChI is InChI=1S/C6H9F3N2O3/c7-6(8,9)3-11-4(12)1-2-14-5(10)13/h1-3H2,(H2,10,13)(H,11,12). The van der Waals surface area contributed by atoms with Gasteiger partial charge in [0.1, 0.15) is 13.2 Å². The van der Waals surface area contributed by atoms with E-state index in [1.807, 2.05) is 0 Å². The number of nitrogens with one attached hydrogen (secondary N) is 1. The molecule has 82 valence electrons. The molecule has 0 bridgehead atoms. The largest absolute Gasteiger partial charge is 0.449 e. The maximum Gasteiger partial charge on any atom is 0.405 e. The lowest BCUT2D eigenvalue weighted by molar-refractivity contribution is -0.138. The lowest BCUT2D eigenvalue weighted by Crippen LogP contribution is -2.34. The van der Waals surface area contributed by atoms with E-state index in [2.05, 4.69) is 10.5 Å². The zero-order valence-electron chi connectivity index (χ0n) is 7.06. The van der Waals surface area contributed by atoms with E-state index in [1.165, 1.54) is 0 Å². The molecule has 0 atom stereocenters. The van der Waals surface area contributed by atoms with Crippen LogP contribution < -0.4 is 11.1 Å². The molecule has 0 unspecified atom stereocenters. The summed E-state index contributed by atoms with van der Waals surface area (Å²) in [5.74, 6) is -0.858. The van der Waals surface area contributed by atoms with E-state index in [-0.39, 0.29) is 13.0 Å². The number of amides is 2. The van der Waals surface area contributed by atoms with Crippen molar-refractivity contribution in [3.05, 3.63) is 0 Å². The van der Waals surface area contributed by atoms with Crippen molar-refractivity contribution in [2.75, 3.05) is 13.2 Å². The summed E-state index contributed by atoms with van der Waals surface area (Å²) >= 11 is 0. The number of nitrogens with two attached hydrogens (primary N) is 1. The number of carbonyl (C=O) groups is 2. The van der Waals surface area contributed by atoms with Crippen LogP contribution in [0, 0.1) is 0 Å². The number of ether oxygens (including phenoxy) is 1. The van der Waals surface area contributed by atoms with E-state index < -0.39 is 24.7 Å². The van der Waals surface area contributed by atoms with Gasteiger partial charge in [0.25, 0.3) is 0 Å². The maximum absolute atomic E-state index is 11.5. The first-order valence-corrected chi connectivity index (χ1v) is 3.57. The monoisotopic (exact) mass is 214 g/mol. The van der Waals surface area contributed by atoms with Gasteiger partial charge in [-0.3, -0.25) is 4.79 Å². The lowest BCUT2D eigenvalue weighted by atomic mass is 10.4. The van der Waals surface area contributed by atoms with Gasteiger partial charge >= 0.3 is 12.3 Å². The van der Waals surface area contributed by atoms with Crippen LogP contribution in [0.15, 0.2) is 0 Å². The van der Waals surface area contributed by atoms with Gasteiger partial charge in [-0.15, -0.1) is 0 Å². The fourth-order valence-electron chi connectivity index (χ4n) is 0.532. The topological polar surface area (TPSA) is 81.4 Å². The quantitative estimate of drug-likeness (QED) is 0.698. The molecule has 0 fully saturated rings. The number of hydrogen-bond acceptors (Lipinski definition) is 3. The van der Waals surface area contributed by atoms with Gasteiger partial charge < -0.3 is 15.8 Å². The van der Waals surface area contributed by atoms with Gasteiger partial charge in [0, 0.05) is 0 Å². The third-order valence-electron chi connectivity index (χ3n) is 1.06. The highest BCUT2D eigenvalue weighted by Crippen LogP contribution is 2.12. The fraction of sp³-hybridized carbons (Fsp3) is 0.667. The maximum atomic E-state index is 11.5. The number of halogens is 3. The molecule has 0 rings (SSSR count). The Kier molecular flexibility index (Phi) is 4.74. The predicted octanol–water partition coefficient (Wildman–Crippen LogP) is 0.150. The molecule has 14 heavy (non-hydrogen) atoms. The molecule has 0 heterocycles. The minimum atomic E-state index is -4.44. The molecule has 0 aromatic carbocycles. The summed E-state index contributed by atoms with van der Waals surface area (Å²) in [7, 11) is 0. The summed E-state index contributed by atoms with van der Waals surface area (Å²) in [4.78, 5) is 20.6. The summed E-state index contributed by atoms with van der Waals surface area (Å²) in [6.45, 7) is -1.73. The van der Waals surface area contributed by atoms with Crippen molar-refractivity contribution >= 4 is 12.0 Å². The molecule has 8 heteroatoms. The molecule has 0 spiro atoms. The third-order valence-corrected chi connectivity index (χ3v) is 1.06. The number of rotatable bonds is 4. The highest BCUT2D eigenvalue weighted by Gasteiger charge is 2.27. The van der Waals surface area contributed by atoms with Gasteiger partial charge in [0.2, 0.25) is 5.91 Å². The van der Waals surface area contributed by atoms with Crippen LogP contribution in [0.2, 0.25) is 0 Å². The first kappa shape index (κ1) is 12.5. The molecule has 2 amide bonds. The SMILES string of the molecule is NC(=O)OCCC(=O)NCC(F)(F)F. The van der Waals surface area contributed by atoms with Crippen LogP contribution in [0.3, 0.4) is 0 Å². The minimum Gasteiger partial charge on any atom is -0.449 e. The Bertz CT molecular complexity index is 217. The van der Waals surface area contributed by atoms with Crippen LogP contribution >= 0.6 is 0 Å². The summed E-state index contributed by atoms with van der Waals surface area (Å²) in [5, 5.41) is 1.60. The summed E-state index contributed by atoms with van der Waals surface area (Å²) in [6, 6.07) is 0. The number of primary amides is 1. The first-order chi connectivity index (χ1) is 6.31. The van der Waals surface area contributed by atoms with Crippen molar-refractivity contribution in [3.63, 3.8) is 0 Å². The molecular formula is C6H9F3N2O3. The first-order valence-electron chi connectivity index (χ1n) is 3.57. The van der Waals surface area contributed by atoms with Crippen molar-refractivity contribution in [1.29, 1.82) is 0 Å². The smallest absolute Gasteiger partial charge is 0.405 e. The van der Waals surface area contributed by atoms with Gasteiger partial charge in [-0.1, -0.05) is 0 Å². The van der Waals surface area contributed by atoms with Crippen LogP contribution in [0.4, 0.5) is 18.0 Å². The van der Waals surface area contributed by atoms with Gasteiger partial charge in [-0.2, -0.15) is 13.2 Å². The zero-order valence-corrected chi connectivity index (χ0v) is 7.06. The molecular weight excluding hydrogens is 205 g/mol. The Morgan fingerprint density at radius 3 is 2.36 bits per heavy atom. The van der Waals surface area contributed by atoms with E-state index >= 15 is 0 Å². The zero-order chi connectivity index (χ0) is 11.2. The number of alkyl halides is 3. The van der Waals surface area contributed by atoms with Crippen molar-refractivity contribution in [3.8, 4) is 0 Å². The number of hydrogen-bond donors (Lipinski definition) is 2. The highest BCUT2D eigenvalue weighted by atomic mass is 19.4. The Hall–Kier alpha value is -1.47. The van der Waals surface area contributed by atoms with Gasteiger partial charge in [-0.25, -0.2) is 4.79 Å². The van der Waals surface area contributed by atoms with Gasteiger partial charge in [0.05, 0.1) is 6.42 Å². The van der Waals surface area contributed by atoms with E-state index in [9.17, 15) is 22.8 Å². The normalized spacial score (nSPS) is 10.8. The van der Waals surface area contributed by atoms with Crippen molar-refractivity contribution < 1.29 is 27.5 Å². The average molecular weight is 214 g/mol. The summed E-state index contributed by atoms with van der Waals surface area (Å²) in [6.07, 6.45) is -5.87. The van der Waals surface area contributed by atoms with Crippen LogP contribution in [-0.4, -0.2) is 31.3 Å². The van der Waals surface area contributed by atoms with Gasteiger partial charge in [-0.05, 0) is 0 Å². The summed E-state index contributed by atoms with van der Waals surface area (Å²) < 4.78 is 38.8. The molecule has 0 radical (unpaired) electrons. The molecule has 0 aliphatic carbocycles. The second kappa shape index (κ2) is 5.30. The van der Waals surface area contributed by atoms with Crippen LogP contribution in [0.1, 0.15) is 6.42 Å². The predicted molar refractivity (Wildman–Crippen MR) is 39.2 cm³/mol. The minimum absolute atomic E-state index is 0.334. The van der Waals surface area contributed by atoms with Crippen molar-refractivity contribution in [2.45, 2.75) is 12.6 Å². The fourth-order valence-corrected chi connectivity index (χ4v) is 0.532. The molecule has 0 aromatic rings. The van der Waals surface area contributed by atoms with Gasteiger partial charge in [0.15, 0.2) is 0 Å². The average Bonchev–Trinajstić information content (AvgIpc) is 1.99. The van der Waals surface area contributed by atoms with Crippen LogP contribution in [0.25, 0.3) is 0 Å². The highest BCUT2D eigenvalue weighted by molar-refractivity contribution is 5.76. The third kappa shape index (κ3) is 8.62. The van der Waals surface area contributed by atoms with Crippen LogP contribution in [0.5, 0.6) is 0 Å². The molecule has 3 N–H and O–H groups in total. The van der Waals surface area contributed by atoms with E-state index in [1.54, 1.807) is 5.32 Å². The van der Waals surface area contributed by atoms with E-state index in [0.717, 1.165) is 0 Å². The lowest BCUT2D eigenvalue weighted by Gasteiger charge is -2.07. The molecule has 0 aliphatic rings. The molecule has 0 aromatic heterocycles. The van der Waals surface area contributed by atoms with E-state index in [0.29, 0.717) is 0 Å². The Balaban J connectivity index is 3.52. The summed E-state index contributed by atoms with van der Waals surface area (Å²) in [5.41, 5.74) is 4.55. The molecule has 0 saturated carbocycles. The van der Waals surface area contributed by atoms with Crippen LogP contribution in [-0.2, 0) is 9.53 Å². The second-order valence-corrected chi connectivity index (χ2v) is 2.31. The Morgan fingerprint density at radius 2 is 1.93 bits per heavy atom. The van der Waals surface area contributed by atoms with E-state index in [4.69, 9.17) is 0 Å². The Labute approximate surface area is 77.4 Å². The van der Waals surface area contributed by atoms with Crippen molar-refractivity contribution in [2.24, 2.45) is 5.73 Å². The Morgan fingerprint density at radius 1 is 1.36 bits per heavy atom. The van der Waals surface area contributed by atoms with Crippen molar-refractivity contribution in [1.82, 2.24) is 5.32 Å². The molecule has 5 nitrogen and oxygen atoms in total. The molecule has 0 aliphatic heterocycles. The second-order valence-electron chi connectivity index (χ2n) is 2.31.